The number of rotatable bonds is 4. The molecule has 3 nitrogen and oxygen atoms in total. The van der Waals surface area contributed by atoms with Crippen molar-refractivity contribution >= 4 is 22.4 Å². The van der Waals surface area contributed by atoms with Gasteiger partial charge in [0.25, 0.3) is 0 Å². The highest BCUT2D eigenvalue weighted by Crippen LogP contribution is 2.37. The van der Waals surface area contributed by atoms with Crippen LogP contribution in [0.15, 0.2) is 30.3 Å². The number of hydrogen-bond donors (Lipinski definition) is 1. The highest BCUT2D eigenvalue weighted by molar-refractivity contribution is 5.83. The van der Waals surface area contributed by atoms with Crippen molar-refractivity contribution in [2.75, 3.05) is 17.2 Å². The lowest BCUT2D eigenvalue weighted by Gasteiger charge is -2.23. The maximum absolute atomic E-state index is 5.82. The van der Waals surface area contributed by atoms with Crippen molar-refractivity contribution in [3.63, 3.8) is 0 Å². The molecule has 0 unspecified atom stereocenters. The smallest absolute Gasteiger partial charge is 0.129 e. The van der Waals surface area contributed by atoms with Gasteiger partial charge in [0.2, 0.25) is 0 Å². The van der Waals surface area contributed by atoms with Crippen LogP contribution in [0.25, 0.3) is 10.9 Å². The molecule has 2 N–H and O–H groups in total. The third-order valence-electron chi connectivity index (χ3n) is 4.13. The van der Waals surface area contributed by atoms with Gasteiger partial charge in [-0.25, -0.2) is 4.98 Å². The summed E-state index contributed by atoms with van der Waals surface area (Å²) in [7, 11) is 0. The average molecular weight is 253 g/mol. The molecule has 1 aromatic heterocycles. The summed E-state index contributed by atoms with van der Waals surface area (Å²) in [5.74, 6) is 2.05. The monoisotopic (exact) mass is 253 g/mol. The summed E-state index contributed by atoms with van der Waals surface area (Å²) < 4.78 is 0. The van der Waals surface area contributed by atoms with Gasteiger partial charge in [0.05, 0.1) is 5.52 Å². The van der Waals surface area contributed by atoms with E-state index in [4.69, 9.17) is 10.7 Å². The van der Waals surface area contributed by atoms with Crippen LogP contribution in [-0.4, -0.2) is 17.6 Å². The fourth-order valence-corrected chi connectivity index (χ4v) is 2.69. The molecular weight excluding hydrogens is 234 g/mol. The molecule has 0 spiro atoms. The average Bonchev–Trinajstić information content (AvgIpc) is 3.27. The number of nitrogen functional groups attached to an aromatic ring is 1. The van der Waals surface area contributed by atoms with Crippen LogP contribution in [0.3, 0.4) is 0 Å². The number of pyridine rings is 1. The van der Waals surface area contributed by atoms with E-state index < -0.39 is 0 Å². The molecule has 3 heteroatoms. The third kappa shape index (κ3) is 2.25. The van der Waals surface area contributed by atoms with Crippen molar-refractivity contribution in [1.82, 2.24) is 4.98 Å². The Bertz CT molecular complexity index is 614. The SMILES string of the molecule is Nc1ccc2nc(N(CC3CC3)C3CC3)ccc2c1. The summed E-state index contributed by atoms with van der Waals surface area (Å²) in [5.41, 5.74) is 7.67. The highest BCUT2D eigenvalue weighted by atomic mass is 15.2. The minimum Gasteiger partial charge on any atom is -0.399 e. The minimum absolute atomic E-state index is 0.735. The molecule has 0 saturated heterocycles. The molecule has 2 aliphatic rings. The predicted molar refractivity (Wildman–Crippen MR) is 79.2 cm³/mol. The number of aromatic nitrogens is 1. The van der Waals surface area contributed by atoms with Crippen LogP contribution in [-0.2, 0) is 0 Å². The van der Waals surface area contributed by atoms with Crippen LogP contribution in [0.5, 0.6) is 0 Å². The zero-order valence-corrected chi connectivity index (χ0v) is 11.0. The van der Waals surface area contributed by atoms with E-state index >= 15 is 0 Å². The topological polar surface area (TPSA) is 42.1 Å². The second kappa shape index (κ2) is 4.12. The second-order valence-corrected chi connectivity index (χ2v) is 5.95. The van der Waals surface area contributed by atoms with Gasteiger partial charge in [-0.05, 0) is 61.9 Å². The third-order valence-corrected chi connectivity index (χ3v) is 4.13. The van der Waals surface area contributed by atoms with Gasteiger partial charge in [-0.2, -0.15) is 0 Å². The number of hydrogen-bond acceptors (Lipinski definition) is 3. The van der Waals surface area contributed by atoms with Crippen molar-refractivity contribution in [2.45, 2.75) is 31.7 Å². The van der Waals surface area contributed by atoms with E-state index in [1.807, 2.05) is 18.2 Å². The maximum Gasteiger partial charge on any atom is 0.129 e. The molecular formula is C16H19N3. The number of fused-ring (bicyclic) bond motifs is 1. The molecule has 2 aromatic rings. The Balaban J connectivity index is 1.70. The van der Waals surface area contributed by atoms with Crippen LogP contribution in [0.2, 0.25) is 0 Å². The van der Waals surface area contributed by atoms with Crippen molar-refractivity contribution < 1.29 is 0 Å². The quantitative estimate of drug-likeness (QED) is 0.851. The van der Waals surface area contributed by atoms with E-state index in [0.29, 0.717) is 0 Å². The van der Waals surface area contributed by atoms with E-state index in [1.54, 1.807) is 0 Å². The Morgan fingerprint density at radius 2 is 1.95 bits per heavy atom. The zero-order valence-electron chi connectivity index (χ0n) is 11.0. The van der Waals surface area contributed by atoms with Crippen LogP contribution >= 0.6 is 0 Å². The Labute approximate surface area is 113 Å². The van der Waals surface area contributed by atoms with Gasteiger partial charge in [0.15, 0.2) is 0 Å². The van der Waals surface area contributed by atoms with Gasteiger partial charge in [-0.3, -0.25) is 0 Å². The van der Waals surface area contributed by atoms with Crippen molar-refractivity contribution in [2.24, 2.45) is 5.92 Å². The number of nitrogens with two attached hydrogens (primary N) is 1. The lowest BCUT2D eigenvalue weighted by atomic mass is 10.2. The summed E-state index contributed by atoms with van der Waals surface area (Å²) in [6.45, 7) is 1.19. The molecule has 19 heavy (non-hydrogen) atoms. The van der Waals surface area contributed by atoms with E-state index in [0.717, 1.165) is 34.4 Å². The molecule has 0 aliphatic heterocycles. The van der Waals surface area contributed by atoms with Crippen LogP contribution < -0.4 is 10.6 Å². The normalized spacial score (nSPS) is 18.7. The van der Waals surface area contributed by atoms with Crippen LogP contribution in [0, 0.1) is 5.92 Å². The molecule has 1 heterocycles. The molecule has 2 saturated carbocycles. The lowest BCUT2D eigenvalue weighted by Crippen LogP contribution is -2.28. The van der Waals surface area contributed by atoms with Crippen LogP contribution in [0.1, 0.15) is 25.7 Å². The molecule has 0 atom stereocenters. The van der Waals surface area contributed by atoms with Crippen molar-refractivity contribution in [3.8, 4) is 0 Å². The summed E-state index contributed by atoms with van der Waals surface area (Å²) in [6.07, 6.45) is 5.45. The van der Waals surface area contributed by atoms with Gasteiger partial charge in [0.1, 0.15) is 5.82 Å². The van der Waals surface area contributed by atoms with Gasteiger partial charge in [-0.15, -0.1) is 0 Å². The zero-order chi connectivity index (χ0) is 12.8. The van der Waals surface area contributed by atoms with Gasteiger partial charge in [0, 0.05) is 23.7 Å². The first-order chi connectivity index (χ1) is 9.29. The summed E-state index contributed by atoms with van der Waals surface area (Å²) in [5, 5.41) is 1.13. The van der Waals surface area contributed by atoms with Gasteiger partial charge in [-0.1, -0.05) is 0 Å². The fourth-order valence-electron chi connectivity index (χ4n) is 2.69. The minimum atomic E-state index is 0.735. The van der Waals surface area contributed by atoms with E-state index in [-0.39, 0.29) is 0 Å². The lowest BCUT2D eigenvalue weighted by molar-refractivity contribution is 0.710. The fraction of sp³-hybridized carbons (Fsp3) is 0.438. The Morgan fingerprint density at radius 3 is 2.68 bits per heavy atom. The Morgan fingerprint density at radius 1 is 1.11 bits per heavy atom. The number of benzene rings is 1. The molecule has 0 bridgehead atoms. The first-order valence-corrected chi connectivity index (χ1v) is 7.22. The van der Waals surface area contributed by atoms with Crippen LogP contribution in [0.4, 0.5) is 11.5 Å². The number of anilines is 2. The molecule has 0 amide bonds. The standard InChI is InChI=1S/C16H19N3/c17-13-4-7-15-12(9-13)3-8-16(18-15)19(14-5-6-14)10-11-1-2-11/h3-4,7-9,11,14H,1-2,5-6,10,17H2. The molecule has 4 rings (SSSR count). The van der Waals surface area contributed by atoms with E-state index in [1.165, 1.54) is 32.2 Å². The predicted octanol–water partition coefficient (Wildman–Crippen LogP) is 3.20. The van der Waals surface area contributed by atoms with Gasteiger partial charge >= 0.3 is 0 Å². The first-order valence-electron chi connectivity index (χ1n) is 7.22. The van der Waals surface area contributed by atoms with E-state index in [2.05, 4.69) is 17.0 Å². The summed E-state index contributed by atoms with van der Waals surface area (Å²) in [4.78, 5) is 7.35. The highest BCUT2D eigenvalue weighted by Gasteiger charge is 2.34. The second-order valence-electron chi connectivity index (χ2n) is 5.95. The van der Waals surface area contributed by atoms with E-state index in [9.17, 15) is 0 Å². The molecule has 1 aromatic carbocycles. The summed E-state index contributed by atoms with van der Waals surface area (Å²) in [6, 6.07) is 11.0. The molecule has 98 valence electrons. The first kappa shape index (κ1) is 11.1. The maximum atomic E-state index is 5.82. The summed E-state index contributed by atoms with van der Waals surface area (Å²) >= 11 is 0. The number of nitrogens with zero attached hydrogens (tertiary/aromatic N) is 2. The van der Waals surface area contributed by atoms with Crippen molar-refractivity contribution in [3.05, 3.63) is 30.3 Å². The molecule has 2 aliphatic carbocycles. The Hall–Kier alpha value is -1.77. The van der Waals surface area contributed by atoms with Crippen molar-refractivity contribution in [1.29, 1.82) is 0 Å². The molecule has 2 fully saturated rings. The molecule has 0 radical (unpaired) electrons. The Kier molecular flexibility index (Phi) is 2.40. The largest absolute Gasteiger partial charge is 0.399 e. The van der Waals surface area contributed by atoms with Gasteiger partial charge < -0.3 is 10.6 Å².